The van der Waals surface area contributed by atoms with E-state index in [0.29, 0.717) is 44.6 Å². The van der Waals surface area contributed by atoms with Gasteiger partial charge in [-0.2, -0.15) is 0 Å². The predicted molar refractivity (Wildman–Crippen MR) is 148 cm³/mol. The highest BCUT2D eigenvalue weighted by molar-refractivity contribution is 9.10. The van der Waals surface area contributed by atoms with Crippen LogP contribution >= 0.6 is 27.5 Å². The van der Waals surface area contributed by atoms with Crippen LogP contribution in [0.4, 0.5) is 10.5 Å². The first-order valence-electron chi connectivity index (χ1n) is 11.7. The molecule has 0 bridgehead atoms. The van der Waals surface area contributed by atoms with E-state index in [1.165, 1.54) is 13.2 Å². The van der Waals surface area contributed by atoms with Crippen molar-refractivity contribution in [3.8, 4) is 17.2 Å². The van der Waals surface area contributed by atoms with E-state index in [1.807, 2.05) is 19.1 Å². The van der Waals surface area contributed by atoms with E-state index >= 15 is 0 Å². The number of rotatable bonds is 9. The number of barbiturate groups is 1. The average Bonchev–Trinajstić information content (AvgIpc) is 2.89. The molecular formula is C28H24BrClN2O6. The Hall–Kier alpha value is -3.82. The van der Waals surface area contributed by atoms with Crippen molar-refractivity contribution in [2.75, 3.05) is 18.6 Å². The number of carbonyl (C=O) groups excluding carboxylic acids is 3. The smallest absolute Gasteiger partial charge is 0.335 e. The van der Waals surface area contributed by atoms with E-state index in [0.717, 1.165) is 16.9 Å². The van der Waals surface area contributed by atoms with Crippen molar-refractivity contribution >= 4 is 57.1 Å². The number of amides is 4. The van der Waals surface area contributed by atoms with Gasteiger partial charge in [0.1, 0.15) is 17.9 Å². The molecule has 8 nitrogen and oxygen atoms in total. The maximum absolute atomic E-state index is 13.3. The minimum Gasteiger partial charge on any atom is -0.494 e. The summed E-state index contributed by atoms with van der Waals surface area (Å²) in [5, 5.41) is 2.82. The zero-order valence-corrected chi connectivity index (χ0v) is 23.0. The number of ether oxygens (including phenoxy) is 3. The summed E-state index contributed by atoms with van der Waals surface area (Å²) in [5.41, 5.74) is 1.45. The standard InChI is InChI=1S/C28H24BrClN2O6/c1-3-11-37-21-9-7-20(8-10-21)32-27(34)22(26(33)31-28(32)35)13-18-14-23(29)25(24(15-18)36-2)38-16-17-5-4-6-19(30)12-17/h4-10,12-15H,3,11,16H2,1-2H3,(H,31,33,35)/b22-13-. The second-order valence-electron chi connectivity index (χ2n) is 8.25. The fraction of sp³-hybridized carbons (Fsp3) is 0.179. The molecule has 1 aliphatic rings. The Labute approximate surface area is 233 Å². The maximum atomic E-state index is 13.3. The number of hydrogen-bond donors (Lipinski definition) is 1. The first-order chi connectivity index (χ1) is 18.3. The molecule has 0 aromatic heterocycles. The minimum absolute atomic E-state index is 0.211. The van der Waals surface area contributed by atoms with Crippen molar-refractivity contribution in [3.05, 3.63) is 86.9 Å². The molecule has 4 rings (SSSR count). The number of nitrogens with one attached hydrogen (secondary N) is 1. The molecule has 196 valence electrons. The molecule has 3 aromatic carbocycles. The van der Waals surface area contributed by atoms with Crippen LogP contribution in [0.25, 0.3) is 6.08 Å². The van der Waals surface area contributed by atoms with E-state index in [9.17, 15) is 14.4 Å². The number of imide groups is 2. The monoisotopic (exact) mass is 598 g/mol. The van der Waals surface area contributed by atoms with Gasteiger partial charge < -0.3 is 14.2 Å². The fourth-order valence-corrected chi connectivity index (χ4v) is 4.50. The van der Waals surface area contributed by atoms with Crippen molar-refractivity contribution in [1.82, 2.24) is 5.32 Å². The van der Waals surface area contributed by atoms with Crippen molar-refractivity contribution in [1.29, 1.82) is 0 Å². The van der Waals surface area contributed by atoms with Crippen LogP contribution in [0.15, 0.2) is 70.7 Å². The highest BCUT2D eigenvalue weighted by Gasteiger charge is 2.37. The number of benzene rings is 3. The first-order valence-corrected chi connectivity index (χ1v) is 12.9. The second-order valence-corrected chi connectivity index (χ2v) is 9.54. The summed E-state index contributed by atoms with van der Waals surface area (Å²) < 4.78 is 17.5. The molecule has 0 radical (unpaired) electrons. The molecule has 1 heterocycles. The number of carbonyl (C=O) groups is 3. The average molecular weight is 600 g/mol. The van der Waals surface area contributed by atoms with Crippen LogP contribution in [-0.4, -0.2) is 31.6 Å². The number of nitrogens with zero attached hydrogens (tertiary/aromatic N) is 1. The molecule has 0 aliphatic carbocycles. The second kappa shape index (κ2) is 12.1. The Morgan fingerprint density at radius 2 is 1.79 bits per heavy atom. The van der Waals surface area contributed by atoms with Crippen LogP contribution in [0.2, 0.25) is 5.02 Å². The Morgan fingerprint density at radius 1 is 1.03 bits per heavy atom. The molecule has 38 heavy (non-hydrogen) atoms. The predicted octanol–water partition coefficient (Wildman–Crippen LogP) is 6.15. The van der Waals surface area contributed by atoms with E-state index in [1.54, 1.807) is 48.5 Å². The summed E-state index contributed by atoms with van der Waals surface area (Å²) in [6, 6.07) is 16.3. The molecule has 0 atom stereocenters. The van der Waals surface area contributed by atoms with Gasteiger partial charge in [0.15, 0.2) is 11.5 Å². The quantitative estimate of drug-likeness (QED) is 0.234. The number of hydrogen-bond acceptors (Lipinski definition) is 6. The summed E-state index contributed by atoms with van der Waals surface area (Å²) in [6.07, 6.45) is 2.24. The van der Waals surface area contributed by atoms with Gasteiger partial charge in [-0.25, -0.2) is 9.69 Å². The van der Waals surface area contributed by atoms with Gasteiger partial charge in [0.25, 0.3) is 11.8 Å². The van der Waals surface area contributed by atoms with Crippen molar-refractivity contribution in [2.45, 2.75) is 20.0 Å². The van der Waals surface area contributed by atoms with Gasteiger partial charge in [0, 0.05) is 5.02 Å². The zero-order valence-electron chi connectivity index (χ0n) is 20.6. The number of anilines is 1. The third-order valence-corrected chi connectivity index (χ3v) is 6.33. The van der Waals surface area contributed by atoms with E-state index in [-0.39, 0.29) is 12.2 Å². The van der Waals surface area contributed by atoms with Crippen LogP contribution in [-0.2, 0) is 16.2 Å². The Morgan fingerprint density at radius 3 is 2.47 bits per heavy atom. The van der Waals surface area contributed by atoms with Gasteiger partial charge in [-0.15, -0.1) is 0 Å². The highest BCUT2D eigenvalue weighted by Crippen LogP contribution is 2.38. The SMILES string of the molecule is CCCOc1ccc(N2C(=O)NC(=O)/C(=C/c3cc(Br)c(OCc4cccc(Cl)c4)c(OC)c3)C2=O)cc1. The van der Waals surface area contributed by atoms with Crippen LogP contribution in [0.3, 0.4) is 0 Å². The Balaban J connectivity index is 1.59. The van der Waals surface area contributed by atoms with Gasteiger partial charge >= 0.3 is 6.03 Å². The summed E-state index contributed by atoms with van der Waals surface area (Å²) in [6.45, 7) is 2.79. The lowest BCUT2D eigenvalue weighted by molar-refractivity contribution is -0.122. The molecule has 4 amide bonds. The largest absolute Gasteiger partial charge is 0.494 e. The molecule has 1 saturated heterocycles. The molecule has 1 aliphatic heterocycles. The zero-order chi connectivity index (χ0) is 27.2. The maximum Gasteiger partial charge on any atom is 0.335 e. The molecule has 0 saturated carbocycles. The number of urea groups is 1. The molecule has 1 fully saturated rings. The van der Waals surface area contributed by atoms with Gasteiger partial charge in [-0.3, -0.25) is 14.9 Å². The number of methoxy groups -OCH3 is 1. The van der Waals surface area contributed by atoms with Gasteiger partial charge in [-0.05, 0) is 88.1 Å². The van der Waals surface area contributed by atoms with Crippen molar-refractivity contribution in [2.24, 2.45) is 0 Å². The van der Waals surface area contributed by atoms with Crippen LogP contribution in [0.1, 0.15) is 24.5 Å². The van der Waals surface area contributed by atoms with E-state index < -0.39 is 17.8 Å². The van der Waals surface area contributed by atoms with Crippen molar-refractivity contribution < 1.29 is 28.6 Å². The van der Waals surface area contributed by atoms with Crippen LogP contribution < -0.4 is 24.4 Å². The first kappa shape index (κ1) is 27.2. The molecular weight excluding hydrogens is 576 g/mol. The minimum atomic E-state index is -0.831. The van der Waals surface area contributed by atoms with Gasteiger partial charge in [0.2, 0.25) is 0 Å². The van der Waals surface area contributed by atoms with Crippen molar-refractivity contribution in [3.63, 3.8) is 0 Å². The summed E-state index contributed by atoms with van der Waals surface area (Å²) >= 11 is 9.53. The topological polar surface area (TPSA) is 94.2 Å². The highest BCUT2D eigenvalue weighted by atomic mass is 79.9. The lowest BCUT2D eigenvalue weighted by atomic mass is 10.1. The molecule has 0 unspecified atom stereocenters. The Kier molecular flexibility index (Phi) is 8.70. The lowest BCUT2D eigenvalue weighted by Crippen LogP contribution is -2.54. The summed E-state index contributed by atoms with van der Waals surface area (Å²) in [4.78, 5) is 39.3. The Bertz CT molecular complexity index is 1410. The van der Waals surface area contributed by atoms with E-state index in [4.69, 9.17) is 25.8 Å². The van der Waals surface area contributed by atoms with Gasteiger partial charge in [-0.1, -0.05) is 30.7 Å². The molecule has 3 aromatic rings. The van der Waals surface area contributed by atoms with Crippen LogP contribution in [0, 0.1) is 0 Å². The molecule has 1 N–H and O–H groups in total. The number of halogens is 2. The van der Waals surface area contributed by atoms with Gasteiger partial charge in [0.05, 0.1) is 23.9 Å². The third kappa shape index (κ3) is 6.17. The summed E-state index contributed by atoms with van der Waals surface area (Å²) in [7, 11) is 1.48. The fourth-order valence-electron chi connectivity index (χ4n) is 3.72. The normalized spacial score (nSPS) is 14.5. The molecule has 0 spiro atoms. The van der Waals surface area contributed by atoms with Crippen LogP contribution in [0.5, 0.6) is 17.2 Å². The summed E-state index contributed by atoms with van der Waals surface area (Å²) in [5.74, 6) is -0.112. The van der Waals surface area contributed by atoms with E-state index in [2.05, 4.69) is 21.2 Å². The molecule has 10 heteroatoms. The third-order valence-electron chi connectivity index (χ3n) is 5.50. The lowest BCUT2D eigenvalue weighted by Gasteiger charge is -2.26.